The summed E-state index contributed by atoms with van der Waals surface area (Å²) in [4.78, 5) is 15.0. The first-order valence-electron chi connectivity index (χ1n) is 12.2. The van der Waals surface area contributed by atoms with Crippen LogP contribution in [0.3, 0.4) is 0 Å². The molecule has 1 N–H and O–H groups in total. The number of sulfonamides is 1. The molecule has 36 heavy (non-hydrogen) atoms. The van der Waals surface area contributed by atoms with E-state index in [0.29, 0.717) is 24.6 Å². The smallest absolute Gasteiger partial charge is 0.241 e. The van der Waals surface area contributed by atoms with Gasteiger partial charge in [-0.2, -0.15) is 0 Å². The molecule has 3 aromatic carbocycles. The Morgan fingerprint density at radius 1 is 0.889 bits per heavy atom. The third-order valence-corrected chi connectivity index (χ3v) is 7.35. The minimum Gasteiger partial charge on any atom is -0.489 e. The van der Waals surface area contributed by atoms with Crippen molar-refractivity contribution in [3.8, 4) is 5.75 Å². The van der Waals surface area contributed by atoms with Gasteiger partial charge in [0, 0.05) is 25.3 Å². The van der Waals surface area contributed by atoms with Crippen molar-refractivity contribution in [2.75, 3.05) is 35.1 Å². The van der Waals surface area contributed by atoms with Gasteiger partial charge in [-0.25, -0.2) is 8.42 Å². The van der Waals surface area contributed by atoms with Gasteiger partial charge in [0.15, 0.2) is 0 Å². The van der Waals surface area contributed by atoms with Crippen molar-refractivity contribution in [3.63, 3.8) is 0 Å². The van der Waals surface area contributed by atoms with Crippen molar-refractivity contribution in [2.24, 2.45) is 0 Å². The molecule has 1 amide bonds. The lowest BCUT2D eigenvalue weighted by molar-refractivity contribution is -0.119. The summed E-state index contributed by atoms with van der Waals surface area (Å²) in [5, 5.41) is 2.84. The number of nitrogens with zero attached hydrogens (tertiary/aromatic N) is 2. The lowest BCUT2D eigenvalue weighted by atomic mass is 10.1. The lowest BCUT2D eigenvalue weighted by Gasteiger charge is -2.28. The van der Waals surface area contributed by atoms with E-state index in [4.69, 9.17) is 4.74 Å². The number of benzene rings is 3. The van der Waals surface area contributed by atoms with Crippen molar-refractivity contribution in [1.29, 1.82) is 0 Å². The zero-order valence-electron chi connectivity index (χ0n) is 20.6. The molecule has 0 aliphatic carbocycles. The molecular weight excluding hydrogens is 474 g/mol. The van der Waals surface area contributed by atoms with E-state index in [1.165, 1.54) is 24.9 Å². The Bertz CT molecular complexity index is 1220. The normalized spacial score (nSPS) is 13.8. The van der Waals surface area contributed by atoms with Gasteiger partial charge in [0.1, 0.15) is 18.9 Å². The maximum atomic E-state index is 12.6. The molecule has 0 aromatic heterocycles. The lowest BCUT2D eigenvalue weighted by Crippen LogP contribution is -2.40. The highest BCUT2D eigenvalue weighted by Crippen LogP contribution is 2.23. The molecule has 1 aliphatic heterocycles. The Morgan fingerprint density at radius 2 is 1.56 bits per heavy atom. The van der Waals surface area contributed by atoms with Crippen LogP contribution in [0.4, 0.5) is 11.4 Å². The fraction of sp³-hybridized carbons (Fsp3) is 0.321. The van der Waals surface area contributed by atoms with Gasteiger partial charge < -0.3 is 15.0 Å². The summed E-state index contributed by atoms with van der Waals surface area (Å²) < 4.78 is 31.7. The van der Waals surface area contributed by atoms with Crippen LogP contribution in [0.15, 0.2) is 78.9 Å². The van der Waals surface area contributed by atoms with Gasteiger partial charge in [-0.3, -0.25) is 9.10 Å². The Hall–Kier alpha value is -3.52. The second-order valence-electron chi connectivity index (χ2n) is 9.03. The average molecular weight is 508 g/mol. The van der Waals surface area contributed by atoms with Gasteiger partial charge >= 0.3 is 0 Å². The number of carbonyl (C=O) groups is 1. The third kappa shape index (κ3) is 7.24. The molecule has 0 bridgehead atoms. The van der Waals surface area contributed by atoms with Gasteiger partial charge in [-0.05, 0) is 66.8 Å². The predicted molar refractivity (Wildman–Crippen MR) is 144 cm³/mol. The molecule has 0 radical (unpaired) electrons. The summed E-state index contributed by atoms with van der Waals surface area (Å²) in [6.07, 6.45) is 4.83. The summed E-state index contributed by atoms with van der Waals surface area (Å²) in [6.45, 7) is 2.62. The first kappa shape index (κ1) is 25.6. The van der Waals surface area contributed by atoms with E-state index in [1.54, 1.807) is 24.3 Å². The van der Waals surface area contributed by atoms with E-state index in [1.807, 2.05) is 42.5 Å². The van der Waals surface area contributed by atoms with Crippen molar-refractivity contribution < 1.29 is 17.9 Å². The summed E-state index contributed by atoms with van der Waals surface area (Å²) in [5.41, 5.74) is 3.61. The first-order chi connectivity index (χ1) is 17.4. The van der Waals surface area contributed by atoms with Crippen molar-refractivity contribution in [2.45, 2.75) is 32.4 Å². The second kappa shape index (κ2) is 11.9. The maximum absolute atomic E-state index is 12.6. The molecule has 1 aliphatic rings. The molecule has 0 atom stereocenters. The van der Waals surface area contributed by atoms with Crippen LogP contribution in [0.1, 0.15) is 30.4 Å². The molecule has 3 aromatic rings. The van der Waals surface area contributed by atoms with Crippen molar-refractivity contribution in [1.82, 2.24) is 5.32 Å². The van der Waals surface area contributed by atoms with E-state index in [-0.39, 0.29) is 12.5 Å². The van der Waals surface area contributed by atoms with Gasteiger partial charge in [-0.15, -0.1) is 0 Å². The van der Waals surface area contributed by atoms with E-state index in [9.17, 15) is 13.2 Å². The Kier molecular flexibility index (Phi) is 8.48. The van der Waals surface area contributed by atoms with Crippen molar-refractivity contribution >= 4 is 27.3 Å². The van der Waals surface area contributed by atoms with E-state index >= 15 is 0 Å². The third-order valence-electron chi connectivity index (χ3n) is 6.21. The topological polar surface area (TPSA) is 79.0 Å². The molecule has 190 valence electrons. The standard InChI is InChI=1S/C28H33N3O4S/c1-36(33,34)31(26-14-16-27(17-15-26)35-22-24-8-4-2-5-9-24)21-28(32)29-20-23-10-12-25(13-11-23)30-18-6-3-7-19-30/h2,4-5,8-17H,3,6-7,18-22H2,1H3,(H,29,32). The number of rotatable bonds is 10. The number of piperidine rings is 1. The zero-order valence-corrected chi connectivity index (χ0v) is 21.4. The highest BCUT2D eigenvalue weighted by atomic mass is 32.2. The van der Waals surface area contributed by atoms with Crippen LogP contribution < -0.4 is 19.3 Å². The van der Waals surface area contributed by atoms with Gasteiger partial charge in [-0.1, -0.05) is 42.5 Å². The predicted octanol–water partition coefficient (Wildman–Crippen LogP) is 4.34. The monoisotopic (exact) mass is 507 g/mol. The molecule has 8 heteroatoms. The molecule has 1 heterocycles. The number of hydrogen-bond acceptors (Lipinski definition) is 5. The van der Waals surface area contributed by atoms with E-state index in [0.717, 1.165) is 34.8 Å². The minimum absolute atomic E-state index is 0.297. The quantitative estimate of drug-likeness (QED) is 0.442. The highest BCUT2D eigenvalue weighted by molar-refractivity contribution is 7.92. The first-order valence-corrected chi connectivity index (χ1v) is 14.1. The van der Waals surface area contributed by atoms with Crippen LogP contribution in [0.2, 0.25) is 0 Å². The summed E-state index contributed by atoms with van der Waals surface area (Å²) in [6, 6.07) is 24.7. The number of carbonyl (C=O) groups excluding carboxylic acids is 1. The summed E-state index contributed by atoms with van der Waals surface area (Å²) in [7, 11) is -3.66. The maximum Gasteiger partial charge on any atom is 0.241 e. The zero-order chi connectivity index (χ0) is 25.4. The Balaban J connectivity index is 1.32. The molecule has 4 rings (SSSR count). The van der Waals surface area contributed by atoms with E-state index in [2.05, 4.69) is 22.3 Å². The summed E-state index contributed by atoms with van der Waals surface area (Å²) >= 11 is 0. The van der Waals surface area contributed by atoms with Gasteiger partial charge in [0.2, 0.25) is 15.9 Å². The molecule has 0 spiro atoms. The number of hydrogen-bond donors (Lipinski definition) is 1. The number of nitrogens with one attached hydrogen (secondary N) is 1. The van der Waals surface area contributed by atoms with E-state index < -0.39 is 10.0 Å². The molecule has 1 saturated heterocycles. The van der Waals surface area contributed by atoms with Gasteiger partial charge in [0.05, 0.1) is 11.9 Å². The number of amides is 1. The fourth-order valence-electron chi connectivity index (χ4n) is 4.21. The van der Waals surface area contributed by atoms with Gasteiger partial charge in [0.25, 0.3) is 0 Å². The Labute approximate surface area is 213 Å². The number of ether oxygens (including phenoxy) is 1. The average Bonchev–Trinajstić information content (AvgIpc) is 2.90. The van der Waals surface area contributed by atoms with Crippen LogP contribution in [0.25, 0.3) is 0 Å². The highest BCUT2D eigenvalue weighted by Gasteiger charge is 2.21. The molecule has 7 nitrogen and oxygen atoms in total. The fourth-order valence-corrected chi connectivity index (χ4v) is 5.07. The largest absolute Gasteiger partial charge is 0.489 e. The SMILES string of the molecule is CS(=O)(=O)N(CC(=O)NCc1ccc(N2CCCCC2)cc1)c1ccc(OCc2ccccc2)cc1. The molecule has 0 unspecified atom stereocenters. The van der Waals surface area contributed by atoms with Crippen molar-refractivity contribution in [3.05, 3.63) is 90.0 Å². The molecule has 1 fully saturated rings. The van der Waals surface area contributed by atoms with Crippen LogP contribution >= 0.6 is 0 Å². The van der Waals surface area contributed by atoms with Crippen LogP contribution in [0, 0.1) is 0 Å². The Morgan fingerprint density at radius 3 is 2.19 bits per heavy atom. The minimum atomic E-state index is -3.66. The molecule has 0 saturated carbocycles. The number of anilines is 2. The van der Waals surface area contributed by atoms with Crippen LogP contribution in [-0.2, 0) is 28.0 Å². The molecular formula is C28H33N3O4S. The summed E-state index contributed by atoms with van der Waals surface area (Å²) in [5.74, 6) is 0.249. The van der Waals surface area contributed by atoms with Crippen LogP contribution in [-0.4, -0.2) is 40.2 Å². The second-order valence-corrected chi connectivity index (χ2v) is 10.9. The van der Waals surface area contributed by atoms with Crippen LogP contribution in [0.5, 0.6) is 5.75 Å².